The van der Waals surface area contributed by atoms with Gasteiger partial charge >= 0.3 is 0 Å². The summed E-state index contributed by atoms with van der Waals surface area (Å²) in [4.78, 5) is 16.6. The van der Waals surface area contributed by atoms with Crippen molar-refractivity contribution in [3.8, 4) is 0 Å². The van der Waals surface area contributed by atoms with Gasteiger partial charge in [-0.1, -0.05) is 0 Å². The molecular formula is C14H27N3O. The Balaban J connectivity index is 1.67. The second-order valence-corrected chi connectivity index (χ2v) is 5.77. The van der Waals surface area contributed by atoms with Crippen molar-refractivity contribution in [3.05, 3.63) is 0 Å². The second-order valence-electron chi connectivity index (χ2n) is 5.77. The zero-order valence-corrected chi connectivity index (χ0v) is 11.7. The van der Waals surface area contributed by atoms with Crippen molar-refractivity contribution in [2.45, 2.75) is 32.1 Å². The minimum absolute atomic E-state index is 0.373. The number of hydrogen-bond acceptors (Lipinski definition) is 3. The first-order valence-electron chi connectivity index (χ1n) is 7.43. The van der Waals surface area contributed by atoms with Gasteiger partial charge in [0.25, 0.3) is 0 Å². The summed E-state index contributed by atoms with van der Waals surface area (Å²) in [6.07, 6.45) is 5.49. The highest BCUT2D eigenvalue weighted by atomic mass is 16.2. The third-order valence-corrected chi connectivity index (χ3v) is 4.30. The minimum atomic E-state index is 0.373. The molecule has 0 saturated carbocycles. The van der Waals surface area contributed by atoms with Gasteiger partial charge in [-0.2, -0.15) is 0 Å². The molecule has 2 fully saturated rings. The summed E-state index contributed by atoms with van der Waals surface area (Å²) < 4.78 is 0. The standard InChI is InChI=1S/C14H27N3O/c1-16-10-5-13(6-11-16)3-4-14(18)17-9-2-7-15-8-12-17/h13,15H,2-12H2,1H3. The molecule has 0 aromatic rings. The molecule has 0 aromatic heterocycles. The summed E-state index contributed by atoms with van der Waals surface area (Å²) in [7, 11) is 2.19. The van der Waals surface area contributed by atoms with Gasteiger partial charge in [0.2, 0.25) is 5.91 Å². The summed E-state index contributed by atoms with van der Waals surface area (Å²) in [5.74, 6) is 1.15. The van der Waals surface area contributed by atoms with Crippen LogP contribution in [0.5, 0.6) is 0 Å². The van der Waals surface area contributed by atoms with Gasteiger partial charge in [0.15, 0.2) is 0 Å². The van der Waals surface area contributed by atoms with Crippen molar-refractivity contribution in [1.29, 1.82) is 0 Å². The predicted octanol–water partition coefficient (Wildman–Crippen LogP) is 0.930. The van der Waals surface area contributed by atoms with E-state index in [0.717, 1.165) is 51.4 Å². The van der Waals surface area contributed by atoms with Crippen molar-refractivity contribution in [1.82, 2.24) is 15.1 Å². The monoisotopic (exact) mass is 253 g/mol. The Morgan fingerprint density at radius 2 is 1.94 bits per heavy atom. The van der Waals surface area contributed by atoms with Gasteiger partial charge in [-0.15, -0.1) is 0 Å². The topological polar surface area (TPSA) is 35.6 Å². The number of carbonyl (C=O) groups is 1. The maximum Gasteiger partial charge on any atom is 0.222 e. The van der Waals surface area contributed by atoms with Crippen LogP contribution in [0.4, 0.5) is 0 Å². The first kappa shape index (κ1) is 13.8. The molecule has 0 aliphatic carbocycles. The molecule has 1 amide bonds. The highest BCUT2D eigenvalue weighted by Crippen LogP contribution is 2.21. The molecule has 0 bridgehead atoms. The Morgan fingerprint density at radius 1 is 1.17 bits per heavy atom. The normalized spacial score (nSPS) is 23.9. The third kappa shape index (κ3) is 4.25. The van der Waals surface area contributed by atoms with Crippen LogP contribution in [-0.2, 0) is 4.79 Å². The molecule has 2 heterocycles. The average Bonchev–Trinajstić information content (AvgIpc) is 2.66. The van der Waals surface area contributed by atoms with Gasteiger partial charge < -0.3 is 15.1 Å². The van der Waals surface area contributed by atoms with Gasteiger partial charge in [0.1, 0.15) is 0 Å². The smallest absolute Gasteiger partial charge is 0.222 e. The lowest BCUT2D eigenvalue weighted by Gasteiger charge is -2.29. The Labute approximate surface area is 111 Å². The molecule has 4 heteroatoms. The van der Waals surface area contributed by atoms with E-state index < -0.39 is 0 Å². The molecule has 0 aromatic carbocycles. The SMILES string of the molecule is CN1CCC(CCC(=O)N2CCCNCC2)CC1. The van der Waals surface area contributed by atoms with Crippen LogP contribution >= 0.6 is 0 Å². The van der Waals surface area contributed by atoms with E-state index in [4.69, 9.17) is 0 Å². The summed E-state index contributed by atoms with van der Waals surface area (Å²) >= 11 is 0. The van der Waals surface area contributed by atoms with Crippen molar-refractivity contribution in [2.24, 2.45) is 5.92 Å². The maximum absolute atomic E-state index is 12.1. The molecule has 2 aliphatic heterocycles. The van der Waals surface area contributed by atoms with Crippen LogP contribution in [0.2, 0.25) is 0 Å². The fourth-order valence-corrected chi connectivity index (χ4v) is 2.93. The van der Waals surface area contributed by atoms with Gasteiger partial charge in [-0.05, 0) is 58.3 Å². The Hall–Kier alpha value is -0.610. The summed E-state index contributed by atoms with van der Waals surface area (Å²) in [6.45, 7) is 6.25. The quantitative estimate of drug-likeness (QED) is 0.813. The van der Waals surface area contributed by atoms with Gasteiger partial charge in [0, 0.05) is 26.1 Å². The Bertz CT molecular complexity index is 254. The van der Waals surface area contributed by atoms with Crippen LogP contribution in [0, 0.1) is 5.92 Å². The van der Waals surface area contributed by atoms with E-state index in [9.17, 15) is 4.79 Å². The zero-order chi connectivity index (χ0) is 12.8. The molecule has 0 unspecified atom stereocenters. The molecule has 2 saturated heterocycles. The molecule has 0 radical (unpaired) electrons. The molecule has 2 aliphatic rings. The summed E-state index contributed by atoms with van der Waals surface area (Å²) in [5, 5.41) is 3.34. The van der Waals surface area contributed by atoms with E-state index in [1.54, 1.807) is 0 Å². The van der Waals surface area contributed by atoms with Crippen LogP contribution in [0.15, 0.2) is 0 Å². The lowest BCUT2D eigenvalue weighted by molar-refractivity contribution is -0.131. The molecule has 1 N–H and O–H groups in total. The van der Waals surface area contributed by atoms with E-state index in [1.807, 2.05) is 0 Å². The first-order valence-corrected chi connectivity index (χ1v) is 7.43. The highest BCUT2D eigenvalue weighted by molar-refractivity contribution is 5.76. The zero-order valence-electron chi connectivity index (χ0n) is 11.7. The van der Waals surface area contributed by atoms with Gasteiger partial charge in [-0.25, -0.2) is 0 Å². The second kappa shape index (κ2) is 7.10. The fraction of sp³-hybridized carbons (Fsp3) is 0.929. The third-order valence-electron chi connectivity index (χ3n) is 4.30. The predicted molar refractivity (Wildman–Crippen MR) is 73.5 cm³/mol. The lowest BCUT2D eigenvalue weighted by Crippen LogP contribution is -2.35. The van der Waals surface area contributed by atoms with E-state index in [1.165, 1.54) is 25.9 Å². The van der Waals surface area contributed by atoms with Crippen molar-refractivity contribution in [3.63, 3.8) is 0 Å². The van der Waals surface area contributed by atoms with Gasteiger partial charge in [0.05, 0.1) is 0 Å². The van der Waals surface area contributed by atoms with Crippen LogP contribution in [0.25, 0.3) is 0 Å². The van der Waals surface area contributed by atoms with Crippen molar-refractivity contribution >= 4 is 5.91 Å². The number of rotatable bonds is 3. The molecule has 4 nitrogen and oxygen atoms in total. The molecule has 18 heavy (non-hydrogen) atoms. The van der Waals surface area contributed by atoms with Crippen molar-refractivity contribution < 1.29 is 4.79 Å². The molecule has 104 valence electrons. The number of amides is 1. The lowest BCUT2D eigenvalue weighted by atomic mass is 9.92. The number of piperidine rings is 1. The van der Waals surface area contributed by atoms with Crippen LogP contribution < -0.4 is 5.32 Å². The first-order chi connectivity index (χ1) is 8.75. The minimum Gasteiger partial charge on any atom is -0.341 e. The Kier molecular flexibility index (Phi) is 5.45. The number of likely N-dealkylation sites (tertiary alicyclic amines) is 1. The van der Waals surface area contributed by atoms with Crippen LogP contribution in [0.3, 0.4) is 0 Å². The van der Waals surface area contributed by atoms with E-state index in [-0.39, 0.29) is 0 Å². The molecule has 0 atom stereocenters. The maximum atomic E-state index is 12.1. The Morgan fingerprint density at radius 3 is 2.72 bits per heavy atom. The summed E-state index contributed by atoms with van der Waals surface area (Å²) in [5.41, 5.74) is 0. The number of hydrogen-bond donors (Lipinski definition) is 1. The fourth-order valence-electron chi connectivity index (χ4n) is 2.93. The molecular weight excluding hydrogens is 226 g/mol. The summed E-state index contributed by atoms with van der Waals surface area (Å²) in [6, 6.07) is 0. The molecule has 2 rings (SSSR count). The number of carbonyl (C=O) groups excluding carboxylic acids is 1. The van der Waals surface area contributed by atoms with Crippen LogP contribution in [-0.4, -0.2) is 62.0 Å². The van der Waals surface area contributed by atoms with E-state index in [2.05, 4.69) is 22.2 Å². The number of nitrogens with zero attached hydrogens (tertiary/aromatic N) is 2. The molecule has 0 spiro atoms. The largest absolute Gasteiger partial charge is 0.341 e. The van der Waals surface area contributed by atoms with E-state index in [0.29, 0.717) is 5.91 Å². The average molecular weight is 253 g/mol. The van der Waals surface area contributed by atoms with Crippen LogP contribution in [0.1, 0.15) is 32.1 Å². The van der Waals surface area contributed by atoms with Crippen molar-refractivity contribution in [2.75, 3.05) is 46.3 Å². The number of nitrogens with one attached hydrogen (secondary N) is 1. The van der Waals surface area contributed by atoms with E-state index >= 15 is 0 Å². The van der Waals surface area contributed by atoms with Gasteiger partial charge in [-0.3, -0.25) is 4.79 Å². The highest BCUT2D eigenvalue weighted by Gasteiger charge is 2.20.